The van der Waals surface area contributed by atoms with E-state index < -0.39 is 23.3 Å². The van der Waals surface area contributed by atoms with Crippen LogP contribution in [0.25, 0.3) is 0 Å². The number of aliphatic carboxylic acids is 1. The second kappa shape index (κ2) is 17.5. The molecule has 8 aliphatic carbocycles. The van der Waals surface area contributed by atoms with Gasteiger partial charge in [-0.1, -0.05) is 43.6 Å². The number of carbonyl (C=O) groups excluding carboxylic acids is 3. The topological polar surface area (TPSA) is 135 Å². The molecule has 12 heteroatoms. The van der Waals surface area contributed by atoms with Crippen LogP contribution in [0.1, 0.15) is 157 Å². The number of fused-ring (bicyclic) bond motifs is 10. The van der Waals surface area contributed by atoms with Crippen molar-refractivity contribution in [2.75, 3.05) is 11.9 Å². The minimum Gasteiger partial charge on any atom is -0.542 e. The third kappa shape index (κ3) is 8.88. The van der Waals surface area contributed by atoms with E-state index in [0.717, 1.165) is 81.0 Å². The molecule has 7 nitrogen and oxygen atoms in total. The van der Waals surface area contributed by atoms with E-state index in [9.17, 15) is 38.1 Å². The van der Waals surface area contributed by atoms with Crippen LogP contribution in [-0.2, 0) is 14.4 Å². The summed E-state index contributed by atoms with van der Waals surface area (Å²) in [5, 5.41) is 39.9. The van der Waals surface area contributed by atoms with Crippen LogP contribution in [0, 0.1) is 80.8 Å². The summed E-state index contributed by atoms with van der Waals surface area (Å²) in [6.45, 7) is 13.6. The zero-order valence-electron chi connectivity index (χ0n) is 36.4. The molecule has 4 unspecified atom stereocenters. The van der Waals surface area contributed by atoms with Gasteiger partial charge in [0.25, 0.3) is 0 Å². The molecule has 0 aromatic heterocycles. The van der Waals surface area contributed by atoms with Gasteiger partial charge < -0.3 is 25.2 Å². The van der Waals surface area contributed by atoms with Gasteiger partial charge in [-0.2, -0.15) is 13.2 Å². The maximum Gasteiger partial charge on any atom is 1.00 e. The quantitative estimate of drug-likeness (QED) is 0.247. The molecule has 0 aromatic rings. The Bertz CT molecular complexity index is 1430. The van der Waals surface area contributed by atoms with Gasteiger partial charge in [0.05, 0.1) is 16.5 Å². The Hall–Kier alpha value is -0.0400. The summed E-state index contributed by atoms with van der Waals surface area (Å²) >= 11 is 3.43. The number of aliphatic hydroxyl groups excluding tert-OH is 1. The Morgan fingerprint density at radius 3 is 1.29 bits per heavy atom. The van der Waals surface area contributed by atoms with Gasteiger partial charge in [0, 0.05) is 11.8 Å². The van der Waals surface area contributed by atoms with Crippen molar-refractivity contribution in [3.8, 4) is 0 Å². The van der Waals surface area contributed by atoms with E-state index in [4.69, 9.17) is 9.90 Å². The molecule has 8 rings (SSSR count). The normalized spacial score (nSPS) is 48.9. The zero-order chi connectivity index (χ0) is 42.1. The Kier molecular flexibility index (Phi) is 14.8. The van der Waals surface area contributed by atoms with Crippen molar-refractivity contribution in [3.05, 3.63) is 0 Å². The molecule has 3 N–H and O–H groups in total. The Morgan fingerprint density at radius 2 is 0.948 bits per heavy atom. The number of rotatable bonds is 4. The third-order valence-electron chi connectivity index (χ3n) is 19.2. The number of carboxylic acid groups (broad SMARTS) is 1. The number of carboxylic acids is 1. The minimum absolute atomic E-state index is 0. The van der Waals surface area contributed by atoms with E-state index in [0.29, 0.717) is 39.7 Å². The van der Waals surface area contributed by atoms with Crippen LogP contribution in [-0.4, -0.2) is 62.2 Å². The van der Waals surface area contributed by atoms with Gasteiger partial charge in [0.2, 0.25) is 0 Å². The molecule has 0 aliphatic heterocycles. The van der Waals surface area contributed by atoms with E-state index in [1.54, 1.807) is 0 Å². The Morgan fingerprint density at radius 1 is 0.586 bits per heavy atom. The number of carbonyl (C=O) groups is 3. The fourth-order valence-electron chi connectivity index (χ4n) is 16.1. The van der Waals surface area contributed by atoms with E-state index in [1.165, 1.54) is 64.2 Å². The summed E-state index contributed by atoms with van der Waals surface area (Å²) in [6, 6.07) is 0. The maximum atomic E-state index is 12.5. The SMILES string of the molecule is C[C@@]1(O)CC[C@@]2(C)C(CC[C@@H]3C2CC[C@]2(C)[C@@H](C(=O)CBr)CC[C@@H]32)C1.C[C@@]1(O)CC[C@@]2(C)C(CC[C@@H]3C2CC[C@]2(C)[C@@H](C(=O)CO)CC[C@@H]32)C1.O=C([O-])C(F)(F)F.[Na+]. The second-order valence-electron chi connectivity index (χ2n) is 22.1. The summed E-state index contributed by atoms with van der Waals surface area (Å²) in [4.78, 5) is 33.6. The average Bonchev–Trinajstić information content (AvgIpc) is 3.68. The second-order valence-corrected chi connectivity index (χ2v) is 22.6. The van der Waals surface area contributed by atoms with Crippen LogP contribution in [0.3, 0.4) is 0 Å². The standard InChI is InChI=1S/C22H35BrO2.C22H36O3.C2HF3O2.Na/c2*1-20(25)10-11-21(2)14(12-20)4-5-15-16-6-7-18(19(24)13-23)22(16,3)9-8-17(15)21;3-2(4,5)1(6)7;/h14-18,25H,4-13H2,1-3H3;14-18,23,25H,4-13H2,1-3H3;(H,6,7);/q;;;+1/p-1/t2*14?,15-,16-,17?,18+,20+,21-,22-;;/m00../s1. The maximum absolute atomic E-state index is 12.5. The first-order valence-corrected chi connectivity index (χ1v) is 23.4. The molecule has 58 heavy (non-hydrogen) atoms. The average molecular weight is 896 g/mol. The van der Waals surface area contributed by atoms with Gasteiger partial charge in [-0.05, 0) is 198 Å². The van der Waals surface area contributed by atoms with Crippen LogP contribution in [0.5, 0.6) is 0 Å². The molecule has 0 saturated heterocycles. The van der Waals surface area contributed by atoms with Crippen molar-refractivity contribution >= 4 is 33.5 Å². The first-order chi connectivity index (χ1) is 26.4. The molecule has 0 amide bonds. The molecular formula is C46H71BrF3NaO7. The van der Waals surface area contributed by atoms with Crippen LogP contribution >= 0.6 is 15.9 Å². The van der Waals surface area contributed by atoms with Gasteiger partial charge in [0.15, 0.2) is 5.78 Å². The Balaban J connectivity index is 0.000000188. The largest absolute Gasteiger partial charge is 1.00 e. The van der Waals surface area contributed by atoms with Gasteiger partial charge in [-0.25, -0.2) is 0 Å². The molecule has 0 spiro atoms. The molecule has 326 valence electrons. The van der Waals surface area contributed by atoms with Crippen molar-refractivity contribution in [1.29, 1.82) is 0 Å². The van der Waals surface area contributed by atoms with Crippen LogP contribution < -0.4 is 34.7 Å². The van der Waals surface area contributed by atoms with Gasteiger partial charge in [-0.15, -0.1) is 0 Å². The first kappa shape index (κ1) is 49.0. The Labute approximate surface area is 376 Å². The van der Waals surface area contributed by atoms with Gasteiger partial charge in [0.1, 0.15) is 18.4 Å². The summed E-state index contributed by atoms with van der Waals surface area (Å²) in [6.07, 6.45) is 15.7. The van der Waals surface area contributed by atoms with E-state index in [1.807, 2.05) is 13.8 Å². The number of alkyl halides is 4. The molecule has 0 aromatic carbocycles. The molecule has 8 saturated carbocycles. The molecule has 0 heterocycles. The number of Topliss-reactive ketones (excluding diaryl/α,β-unsaturated/α-hetero) is 2. The number of hydrogen-bond donors (Lipinski definition) is 3. The molecule has 16 atom stereocenters. The van der Waals surface area contributed by atoms with Gasteiger partial charge in [-0.3, -0.25) is 9.59 Å². The monoisotopic (exact) mass is 894 g/mol. The van der Waals surface area contributed by atoms with Crippen molar-refractivity contribution < 1.29 is 77.5 Å². The number of hydrogen-bond acceptors (Lipinski definition) is 7. The number of aliphatic hydroxyl groups is 3. The minimum atomic E-state index is -5.19. The molecule has 8 fully saturated rings. The van der Waals surface area contributed by atoms with Crippen LogP contribution in [0.2, 0.25) is 0 Å². The fourth-order valence-corrected chi connectivity index (χ4v) is 16.5. The number of ketones is 2. The number of halogens is 4. The summed E-state index contributed by atoms with van der Waals surface area (Å²) < 4.78 is 31.5. The van der Waals surface area contributed by atoms with Crippen molar-refractivity contribution in [2.45, 2.75) is 174 Å². The first-order valence-electron chi connectivity index (χ1n) is 22.3. The van der Waals surface area contributed by atoms with Gasteiger partial charge >= 0.3 is 35.7 Å². The predicted molar refractivity (Wildman–Crippen MR) is 214 cm³/mol. The van der Waals surface area contributed by atoms with Crippen molar-refractivity contribution in [2.24, 2.45) is 80.8 Å². The zero-order valence-corrected chi connectivity index (χ0v) is 40.0. The predicted octanol–water partition coefficient (Wildman–Crippen LogP) is 5.62. The molecule has 0 radical (unpaired) electrons. The third-order valence-corrected chi connectivity index (χ3v) is 19.8. The fraction of sp³-hybridized carbons (Fsp3) is 0.935. The molecule has 8 aliphatic rings. The van der Waals surface area contributed by atoms with Crippen LogP contribution in [0.4, 0.5) is 13.2 Å². The van der Waals surface area contributed by atoms with Crippen LogP contribution in [0.15, 0.2) is 0 Å². The molecule has 0 bridgehead atoms. The van der Waals surface area contributed by atoms with E-state index >= 15 is 0 Å². The van der Waals surface area contributed by atoms with E-state index in [2.05, 4.69) is 43.6 Å². The van der Waals surface area contributed by atoms with Crippen molar-refractivity contribution in [3.63, 3.8) is 0 Å². The van der Waals surface area contributed by atoms with E-state index in [-0.39, 0.29) is 64.6 Å². The summed E-state index contributed by atoms with van der Waals surface area (Å²) in [5.74, 6) is 3.81. The smallest absolute Gasteiger partial charge is 0.542 e. The van der Waals surface area contributed by atoms with Crippen molar-refractivity contribution in [1.82, 2.24) is 0 Å². The molecular weight excluding hydrogens is 824 g/mol. The summed E-state index contributed by atoms with van der Waals surface area (Å²) in [7, 11) is 0. The summed E-state index contributed by atoms with van der Waals surface area (Å²) in [5.41, 5.74) is 0.252.